The van der Waals surface area contributed by atoms with Crippen molar-refractivity contribution in [2.75, 3.05) is 0 Å². The summed E-state index contributed by atoms with van der Waals surface area (Å²) in [6.45, 7) is 0.747. The first kappa shape index (κ1) is 20.3. The summed E-state index contributed by atoms with van der Waals surface area (Å²) < 4.78 is 25.0. The molecule has 154 valence electrons. The summed E-state index contributed by atoms with van der Waals surface area (Å²) in [5.74, 6) is 0.570. The zero-order chi connectivity index (χ0) is 21.3. The van der Waals surface area contributed by atoms with Crippen LogP contribution >= 0.6 is 0 Å². The Kier molecular flexibility index (Phi) is 6.65. The van der Waals surface area contributed by atoms with Crippen LogP contribution in [0.25, 0.3) is 12.2 Å². The molecule has 1 aromatic heterocycles. The molecule has 31 heavy (non-hydrogen) atoms. The van der Waals surface area contributed by atoms with Crippen molar-refractivity contribution in [3.8, 4) is 11.6 Å². The molecule has 0 aliphatic heterocycles. The van der Waals surface area contributed by atoms with Crippen LogP contribution < -0.4 is 9.47 Å². The van der Waals surface area contributed by atoms with E-state index < -0.39 is 0 Å². The molecule has 1 heterocycles. The monoisotopic (exact) mass is 412 g/mol. The van der Waals surface area contributed by atoms with Crippen molar-refractivity contribution in [2.45, 2.75) is 13.2 Å². The lowest BCUT2D eigenvalue weighted by atomic mass is 10.2. The molecular formula is C26H21FN2O2. The first-order valence-electron chi connectivity index (χ1n) is 9.91. The van der Waals surface area contributed by atoms with Crippen LogP contribution in [0, 0.1) is 5.82 Å². The molecule has 0 spiro atoms. The van der Waals surface area contributed by atoms with Crippen molar-refractivity contribution >= 4 is 12.2 Å². The van der Waals surface area contributed by atoms with Crippen molar-refractivity contribution in [3.05, 3.63) is 119 Å². The van der Waals surface area contributed by atoms with E-state index in [0.717, 1.165) is 16.7 Å². The highest BCUT2D eigenvalue weighted by atomic mass is 19.1. The summed E-state index contributed by atoms with van der Waals surface area (Å²) in [7, 11) is 0. The first-order chi connectivity index (χ1) is 15.3. The summed E-state index contributed by atoms with van der Waals surface area (Å²) in [6, 6.07) is 27.7. The molecule has 0 saturated carbocycles. The number of ether oxygens (including phenoxy) is 2. The normalized spacial score (nSPS) is 10.9. The first-order valence-corrected chi connectivity index (χ1v) is 9.91. The van der Waals surface area contributed by atoms with E-state index in [2.05, 4.69) is 10.2 Å². The van der Waals surface area contributed by atoms with Gasteiger partial charge in [-0.3, -0.25) is 0 Å². The zero-order valence-corrected chi connectivity index (χ0v) is 16.8. The van der Waals surface area contributed by atoms with Crippen LogP contribution in [0.15, 0.2) is 91.0 Å². The molecule has 0 atom stereocenters. The Hall–Kier alpha value is -3.99. The van der Waals surface area contributed by atoms with Crippen molar-refractivity contribution in [3.63, 3.8) is 0 Å². The Morgan fingerprint density at radius 3 is 1.94 bits per heavy atom. The third kappa shape index (κ3) is 6.00. The second-order valence-corrected chi connectivity index (χ2v) is 6.87. The van der Waals surface area contributed by atoms with Gasteiger partial charge in [-0.05, 0) is 34.9 Å². The second kappa shape index (κ2) is 10.2. The van der Waals surface area contributed by atoms with Gasteiger partial charge in [-0.25, -0.2) is 4.39 Å². The van der Waals surface area contributed by atoms with E-state index >= 15 is 0 Å². The van der Waals surface area contributed by atoms with Crippen LogP contribution in [0.2, 0.25) is 0 Å². The third-order valence-electron chi connectivity index (χ3n) is 4.52. The predicted octanol–water partition coefficient (Wildman–Crippen LogP) is 5.94. The van der Waals surface area contributed by atoms with Gasteiger partial charge in [-0.15, -0.1) is 10.2 Å². The lowest BCUT2D eigenvalue weighted by Crippen LogP contribution is -2.04. The Bertz CT molecular complexity index is 1130. The molecule has 0 bridgehead atoms. The number of hydrogen-bond acceptors (Lipinski definition) is 4. The van der Waals surface area contributed by atoms with E-state index in [-0.39, 0.29) is 5.82 Å². The maximum absolute atomic E-state index is 13.1. The van der Waals surface area contributed by atoms with Gasteiger partial charge >= 0.3 is 0 Å². The Morgan fingerprint density at radius 2 is 1.29 bits per heavy atom. The smallest absolute Gasteiger partial charge is 0.276 e. The molecule has 3 aromatic carbocycles. The average molecular weight is 412 g/mol. The SMILES string of the molecule is Fc1ccc(/C=C/c2cc(OCc3ccccc3)c(OCc3ccccc3)nn2)cc1. The van der Waals surface area contributed by atoms with Crippen LogP contribution in [0.5, 0.6) is 11.6 Å². The molecule has 0 aliphatic carbocycles. The molecule has 0 unspecified atom stereocenters. The quantitative estimate of drug-likeness (QED) is 0.359. The van der Waals surface area contributed by atoms with Gasteiger partial charge in [-0.2, -0.15) is 0 Å². The van der Waals surface area contributed by atoms with Gasteiger partial charge in [-0.1, -0.05) is 78.9 Å². The average Bonchev–Trinajstić information content (AvgIpc) is 2.83. The minimum atomic E-state index is -0.270. The number of hydrogen-bond donors (Lipinski definition) is 0. The van der Waals surface area contributed by atoms with Gasteiger partial charge in [0.25, 0.3) is 5.88 Å². The van der Waals surface area contributed by atoms with E-state index in [1.165, 1.54) is 12.1 Å². The second-order valence-electron chi connectivity index (χ2n) is 6.87. The maximum atomic E-state index is 13.1. The van der Waals surface area contributed by atoms with Gasteiger partial charge in [0.05, 0.1) is 5.69 Å². The molecule has 4 aromatic rings. The van der Waals surface area contributed by atoms with Crippen molar-refractivity contribution < 1.29 is 13.9 Å². The predicted molar refractivity (Wildman–Crippen MR) is 119 cm³/mol. The molecule has 0 fully saturated rings. The van der Waals surface area contributed by atoms with E-state index in [4.69, 9.17) is 9.47 Å². The molecule has 0 saturated heterocycles. The highest BCUT2D eigenvalue weighted by molar-refractivity contribution is 5.68. The van der Waals surface area contributed by atoms with E-state index in [1.54, 1.807) is 24.3 Å². The number of aromatic nitrogens is 2. The lowest BCUT2D eigenvalue weighted by molar-refractivity contribution is 0.244. The molecule has 0 amide bonds. The summed E-state index contributed by atoms with van der Waals surface area (Å²) in [6.07, 6.45) is 3.64. The number of halogens is 1. The molecular weight excluding hydrogens is 391 g/mol. The van der Waals surface area contributed by atoms with Gasteiger partial charge in [0, 0.05) is 6.07 Å². The molecule has 4 rings (SSSR count). The van der Waals surface area contributed by atoms with Crippen LogP contribution in [0.4, 0.5) is 4.39 Å². The fraction of sp³-hybridized carbons (Fsp3) is 0.0769. The summed E-state index contributed by atoms with van der Waals surface area (Å²) >= 11 is 0. The zero-order valence-electron chi connectivity index (χ0n) is 16.8. The van der Waals surface area contributed by atoms with Crippen molar-refractivity contribution in [1.29, 1.82) is 0 Å². The van der Waals surface area contributed by atoms with Crippen LogP contribution in [-0.2, 0) is 13.2 Å². The Labute approximate surface area is 180 Å². The fourth-order valence-corrected chi connectivity index (χ4v) is 2.88. The highest BCUT2D eigenvalue weighted by Crippen LogP contribution is 2.27. The van der Waals surface area contributed by atoms with Crippen LogP contribution in [0.1, 0.15) is 22.4 Å². The lowest BCUT2D eigenvalue weighted by Gasteiger charge is -2.12. The highest BCUT2D eigenvalue weighted by Gasteiger charge is 2.10. The maximum Gasteiger partial charge on any atom is 0.276 e. The minimum absolute atomic E-state index is 0.270. The van der Waals surface area contributed by atoms with Crippen molar-refractivity contribution in [2.24, 2.45) is 0 Å². The van der Waals surface area contributed by atoms with Crippen molar-refractivity contribution in [1.82, 2.24) is 10.2 Å². The topological polar surface area (TPSA) is 44.2 Å². The minimum Gasteiger partial charge on any atom is -0.483 e. The number of benzene rings is 3. The standard InChI is InChI=1S/C26H21FN2O2/c27-23-14-11-20(12-15-23)13-16-24-17-25(30-18-21-7-3-1-4-8-21)26(29-28-24)31-19-22-9-5-2-6-10-22/h1-17H,18-19H2/b16-13+. The summed E-state index contributed by atoms with van der Waals surface area (Å²) in [4.78, 5) is 0. The van der Waals surface area contributed by atoms with Crippen LogP contribution in [-0.4, -0.2) is 10.2 Å². The van der Waals surface area contributed by atoms with E-state index in [1.807, 2.05) is 66.7 Å². The molecule has 0 radical (unpaired) electrons. The summed E-state index contributed by atoms with van der Waals surface area (Å²) in [5.41, 5.74) is 3.54. The number of rotatable bonds is 8. The number of nitrogens with zero attached hydrogens (tertiary/aromatic N) is 2. The van der Waals surface area contributed by atoms with Crippen LogP contribution in [0.3, 0.4) is 0 Å². The molecule has 0 N–H and O–H groups in total. The Morgan fingerprint density at radius 1 is 0.677 bits per heavy atom. The summed E-state index contributed by atoms with van der Waals surface area (Å²) in [5, 5.41) is 8.45. The van der Waals surface area contributed by atoms with E-state index in [0.29, 0.717) is 30.5 Å². The molecule has 0 aliphatic rings. The van der Waals surface area contributed by atoms with Gasteiger partial charge in [0.15, 0.2) is 5.75 Å². The Balaban J connectivity index is 1.53. The molecule has 4 nitrogen and oxygen atoms in total. The molecule has 5 heteroatoms. The largest absolute Gasteiger partial charge is 0.483 e. The van der Waals surface area contributed by atoms with E-state index in [9.17, 15) is 4.39 Å². The van der Waals surface area contributed by atoms with Gasteiger partial charge in [0.2, 0.25) is 0 Å². The van der Waals surface area contributed by atoms with Gasteiger partial charge in [0.1, 0.15) is 19.0 Å². The van der Waals surface area contributed by atoms with Gasteiger partial charge < -0.3 is 9.47 Å². The third-order valence-corrected chi connectivity index (χ3v) is 4.52. The fourth-order valence-electron chi connectivity index (χ4n) is 2.88.